The Hall–Kier alpha value is -1.93. The lowest BCUT2D eigenvalue weighted by Crippen LogP contribution is -2.43. The van der Waals surface area contributed by atoms with Crippen LogP contribution in [0.2, 0.25) is 0 Å². The smallest absolute Gasteiger partial charge is 0.314 e. The Morgan fingerprint density at radius 2 is 1.83 bits per heavy atom. The van der Waals surface area contributed by atoms with Crippen LogP contribution in [-0.4, -0.2) is 35.3 Å². The summed E-state index contributed by atoms with van der Waals surface area (Å²) in [5.41, 5.74) is -0.841. The highest BCUT2D eigenvalue weighted by atomic mass is 32.2. The molecule has 0 aliphatic carbocycles. The van der Waals surface area contributed by atoms with Crippen molar-refractivity contribution < 1.29 is 8.42 Å². The summed E-state index contributed by atoms with van der Waals surface area (Å²) in [6.07, 6.45) is 3.54. The maximum Gasteiger partial charge on any atom is 0.314 e. The molecular formula is C15H19N3O4S. The largest absolute Gasteiger partial charge is 0.316 e. The van der Waals surface area contributed by atoms with Gasteiger partial charge < -0.3 is 9.97 Å². The molecule has 7 nitrogen and oxygen atoms in total. The molecule has 1 aromatic heterocycles. The van der Waals surface area contributed by atoms with Gasteiger partial charge in [-0.15, -0.1) is 0 Å². The Morgan fingerprint density at radius 1 is 1.13 bits per heavy atom. The summed E-state index contributed by atoms with van der Waals surface area (Å²) >= 11 is 0. The van der Waals surface area contributed by atoms with Crippen molar-refractivity contribution in [3.63, 3.8) is 0 Å². The average Bonchev–Trinajstić information content (AvgIpc) is 2.55. The van der Waals surface area contributed by atoms with Gasteiger partial charge in [0.05, 0.1) is 15.9 Å². The van der Waals surface area contributed by atoms with Crippen LogP contribution in [0.25, 0.3) is 11.0 Å². The van der Waals surface area contributed by atoms with Crippen molar-refractivity contribution in [2.75, 3.05) is 6.54 Å². The number of hydrogen-bond acceptors (Lipinski definition) is 4. The van der Waals surface area contributed by atoms with Crippen LogP contribution < -0.4 is 11.1 Å². The molecule has 2 heterocycles. The van der Waals surface area contributed by atoms with Crippen LogP contribution in [0.4, 0.5) is 0 Å². The molecule has 1 aromatic carbocycles. The summed E-state index contributed by atoms with van der Waals surface area (Å²) in [4.78, 5) is 27.7. The number of sulfonamides is 1. The second kappa shape index (κ2) is 5.93. The minimum absolute atomic E-state index is 0.0130. The highest BCUT2D eigenvalue weighted by Crippen LogP contribution is 2.27. The highest BCUT2D eigenvalue weighted by molar-refractivity contribution is 7.89. The van der Waals surface area contributed by atoms with E-state index < -0.39 is 21.1 Å². The fraction of sp³-hybridized carbons (Fsp3) is 0.467. The molecule has 0 bridgehead atoms. The molecule has 0 spiro atoms. The second-order valence-electron chi connectivity index (χ2n) is 5.79. The molecule has 1 fully saturated rings. The Balaban J connectivity index is 2.09. The highest BCUT2D eigenvalue weighted by Gasteiger charge is 2.32. The van der Waals surface area contributed by atoms with Crippen molar-refractivity contribution in [2.45, 2.75) is 43.5 Å². The lowest BCUT2D eigenvalue weighted by atomic mass is 10.0. The van der Waals surface area contributed by atoms with Gasteiger partial charge in [-0.25, -0.2) is 8.42 Å². The van der Waals surface area contributed by atoms with E-state index >= 15 is 0 Å². The molecule has 124 valence electrons. The van der Waals surface area contributed by atoms with E-state index in [0.717, 1.165) is 25.7 Å². The zero-order chi connectivity index (χ0) is 16.6. The molecule has 1 saturated heterocycles. The molecule has 0 amide bonds. The Kier molecular flexibility index (Phi) is 4.11. The van der Waals surface area contributed by atoms with E-state index in [9.17, 15) is 18.0 Å². The lowest BCUT2D eigenvalue weighted by Gasteiger charge is -2.34. The molecule has 3 rings (SSSR count). The number of benzene rings is 1. The molecule has 0 radical (unpaired) electrons. The maximum absolute atomic E-state index is 12.9. The topological polar surface area (TPSA) is 103 Å². The number of aromatic nitrogens is 2. The van der Waals surface area contributed by atoms with E-state index in [4.69, 9.17) is 0 Å². The van der Waals surface area contributed by atoms with Crippen LogP contribution in [0.5, 0.6) is 0 Å². The van der Waals surface area contributed by atoms with Gasteiger partial charge in [-0.3, -0.25) is 9.59 Å². The third-order valence-corrected chi connectivity index (χ3v) is 6.29. The monoisotopic (exact) mass is 337 g/mol. The van der Waals surface area contributed by atoms with Crippen molar-refractivity contribution in [1.82, 2.24) is 14.3 Å². The van der Waals surface area contributed by atoms with Crippen LogP contribution in [0.3, 0.4) is 0 Å². The molecule has 1 aliphatic rings. The number of H-pyrrole nitrogens is 2. The first-order valence-corrected chi connectivity index (χ1v) is 9.15. The zero-order valence-corrected chi connectivity index (χ0v) is 13.6. The summed E-state index contributed by atoms with van der Waals surface area (Å²) in [5.74, 6) is 0. The molecule has 1 atom stereocenters. The third kappa shape index (κ3) is 2.84. The minimum atomic E-state index is -3.62. The van der Waals surface area contributed by atoms with E-state index in [2.05, 4.69) is 9.97 Å². The van der Waals surface area contributed by atoms with E-state index in [1.807, 2.05) is 6.92 Å². The lowest BCUT2D eigenvalue weighted by molar-refractivity contribution is 0.246. The fourth-order valence-electron chi connectivity index (χ4n) is 3.09. The van der Waals surface area contributed by atoms with Crippen LogP contribution in [0, 0.1) is 0 Å². The number of piperidine rings is 1. The second-order valence-corrected chi connectivity index (χ2v) is 7.68. The summed E-state index contributed by atoms with van der Waals surface area (Å²) < 4.78 is 27.4. The third-order valence-electron chi connectivity index (χ3n) is 4.34. The van der Waals surface area contributed by atoms with Gasteiger partial charge in [-0.2, -0.15) is 4.31 Å². The summed E-state index contributed by atoms with van der Waals surface area (Å²) in [5, 5.41) is 0. The molecule has 23 heavy (non-hydrogen) atoms. The van der Waals surface area contributed by atoms with Gasteiger partial charge >= 0.3 is 11.1 Å². The predicted octanol–water partition coefficient (Wildman–Crippen LogP) is 1.17. The Bertz CT molecular complexity index is 945. The van der Waals surface area contributed by atoms with Crippen molar-refractivity contribution in [1.29, 1.82) is 0 Å². The fourth-order valence-corrected chi connectivity index (χ4v) is 4.88. The zero-order valence-electron chi connectivity index (χ0n) is 12.8. The van der Waals surface area contributed by atoms with Crippen molar-refractivity contribution in [3.05, 3.63) is 38.9 Å². The first kappa shape index (κ1) is 15.9. The summed E-state index contributed by atoms with van der Waals surface area (Å²) in [6, 6.07) is 4.39. The quantitative estimate of drug-likeness (QED) is 0.821. The first-order chi connectivity index (χ1) is 10.9. The van der Waals surface area contributed by atoms with E-state index in [0.29, 0.717) is 17.6 Å². The van der Waals surface area contributed by atoms with Crippen LogP contribution in [0.15, 0.2) is 32.7 Å². The van der Waals surface area contributed by atoms with Crippen molar-refractivity contribution >= 4 is 21.1 Å². The first-order valence-electron chi connectivity index (χ1n) is 7.71. The van der Waals surface area contributed by atoms with E-state index in [1.165, 1.54) is 18.2 Å². The Labute approximate surface area is 133 Å². The number of nitrogens with one attached hydrogen (secondary N) is 2. The minimum Gasteiger partial charge on any atom is -0.316 e. The molecule has 2 N–H and O–H groups in total. The number of fused-ring (bicyclic) bond motifs is 1. The molecule has 0 saturated carbocycles. The van der Waals surface area contributed by atoms with Gasteiger partial charge in [-0.1, -0.05) is 13.3 Å². The number of rotatable bonds is 3. The van der Waals surface area contributed by atoms with Gasteiger partial charge in [0.1, 0.15) is 0 Å². The van der Waals surface area contributed by atoms with Gasteiger partial charge in [0.25, 0.3) is 0 Å². The van der Waals surface area contributed by atoms with Gasteiger partial charge in [0, 0.05) is 12.6 Å². The number of hydrogen-bond donors (Lipinski definition) is 2. The molecule has 0 unspecified atom stereocenters. The standard InChI is InChI=1S/C15H19N3O4S/c1-2-10-5-3-4-8-18(10)23(21,22)11-6-7-12-13(9-11)17-15(20)14(19)16-12/h6-7,9-10H,2-5,8H2,1H3,(H,16,19)(H,17,20)/t10-/m1/s1. The van der Waals surface area contributed by atoms with Gasteiger partial charge in [0.15, 0.2) is 0 Å². The summed E-state index contributed by atoms with van der Waals surface area (Å²) in [6.45, 7) is 2.50. The normalized spacial score (nSPS) is 20.0. The van der Waals surface area contributed by atoms with Crippen LogP contribution >= 0.6 is 0 Å². The molecule has 2 aromatic rings. The van der Waals surface area contributed by atoms with E-state index in [1.54, 1.807) is 4.31 Å². The SMILES string of the molecule is CC[C@@H]1CCCCN1S(=O)(=O)c1ccc2[nH]c(=O)c(=O)[nH]c2c1. The van der Waals surface area contributed by atoms with Crippen LogP contribution in [0.1, 0.15) is 32.6 Å². The van der Waals surface area contributed by atoms with Gasteiger partial charge in [-0.05, 0) is 37.5 Å². The van der Waals surface area contributed by atoms with E-state index in [-0.39, 0.29) is 10.9 Å². The van der Waals surface area contributed by atoms with Crippen molar-refractivity contribution in [2.24, 2.45) is 0 Å². The van der Waals surface area contributed by atoms with Crippen molar-refractivity contribution in [3.8, 4) is 0 Å². The number of aromatic amines is 2. The molecule has 1 aliphatic heterocycles. The van der Waals surface area contributed by atoms with Crippen LogP contribution in [-0.2, 0) is 10.0 Å². The average molecular weight is 337 g/mol. The van der Waals surface area contributed by atoms with Gasteiger partial charge in [0.2, 0.25) is 10.0 Å². The number of nitrogens with zero attached hydrogens (tertiary/aromatic N) is 1. The molecule has 8 heteroatoms. The Morgan fingerprint density at radius 3 is 2.52 bits per heavy atom. The summed E-state index contributed by atoms with van der Waals surface area (Å²) in [7, 11) is -3.62. The molecular weight excluding hydrogens is 318 g/mol. The predicted molar refractivity (Wildman–Crippen MR) is 87.0 cm³/mol. The maximum atomic E-state index is 12.9.